The molecule has 1 aliphatic rings. The first-order valence-corrected chi connectivity index (χ1v) is 5.31. The Morgan fingerprint density at radius 3 is 1.44 bits per heavy atom. The molecule has 0 radical (unpaired) electrons. The van der Waals surface area contributed by atoms with E-state index in [0.29, 0.717) is 25.7 Å². The van der Waals surface area contributed by atoms with E-state index < -0.39 is 11.9 Å². The molecular formula is C12H16O4. The molecule has 1 fully saturated rings. The van der Waals surface area contributed by atoms with Crippen molar-refractivity contribution in [1.29, 1.82) is 0 Å². The van der Waals surface area contributed by atoms with Crippen LogP contribution in [0.15, 0.2) is 25.3 Å². The van der Waals surface area contributed by atoms with Crippen LogP contribution in [0.2, 0.25) is 0 Å². The van der Waals surface area contributed by atoms with Crippen molar-refractivity contribution in [3.63, 3.8) is 0 Å². The first-order chi connectivity index (χ1) is 7.65. The van der Waals surface area contributed by atoms with Gasteiger partial charge in [-0.2, -0.15) is 0 Å². The monoisotopic (exact) mass is 224 g/mol. The van der Waals surface area contributed by atoms with Crippen molar-refractivity contribution in [2.75, 3.05) is 0 Å². The summed E-state index contributed by atoms with van der Waals surface area (Å²) >= 11 is 0. The number of carbonyl (C=O) groups excluding carboxylic acids is 2. The summed E-state index contributed by atoms with van der Waals surface area (Å²) in [5.41, 5.74) is 0. The van der Waals surface area contributed by atoms with Gasteiger partial charge in [-0.15, -0.1) is 0 Å². The van der Waals surface area contributed by atoms with Gasteiger partial charge in [-0.1, -0.05) is 13.2 Å². The van der Waals surface area contributed by atoms with Crippen molar-refractivity contribution >= 4 is 11.9 Å². The third-order valence-corrected chi connectivity index (χ3v) is 2.52. The summed E-state index contributed by atoms with van der Waals surface area (Å²) in [7, 11) is 0. The van der Waals surface area contributed by atoms with Crippen LogP contribution in [0.1, 0.15) is 25.7 Å². The third-order valence-electron chi connectivity index (χ3n) is 2.52. The standard InChI is InChI=1S/C12H16O4/c1-3-11(13)15-9-5-7-10(8-6-9)16-12(14)4-2/h3-4,9-10H,1-2,5-8H2. The summed E-state index contributed by atoms with van der Waals surface area (Å²) in [5, 5.41) is 0. The van der Waals surface area contributed by atoms with E-state index in [0.717, 1.165) is 12.2 Å². The fraction of sp³-hybridized carbons (Fsp3) is 0.500. The minimum absolute atomic E-state index is 0.0795. The number of hydrogen-bond donors (Lipinski definition) is 0. The zero-order valence-corrected chi connectivity index (χ0v) is 9.19. The summed E-state index contributed by atoms with van der Waals surface area (Å²) < 4.78 is 10.2. The van der Waals surface area contributed by atoms with Crippen LogP contribution in [0, 0.1) is 0 Å². The quantitative estimate of drug-likeness (QED) is 0.539. The maximum Gasteiger partial charge on any atom is 0.330 e. The number of carbonyl (C=O) groups is 2. The largest absolute Gasteiger partial charge is 0.459 e. The molecule has 0 aromatic rings. The van der Waals surface area contributed by atoms with Crippen molar-refractivity contribution in [2.45, 2.75) is 37.9 Å². The molecular weight excluding hydrogens is 208 g/mol. The van der Waals surface area contributed by atoms with Gasteiger partial charge in [-0.3, -0.25) is 0 Å². The highest BCUT2D eigenvalue weighted by molar-refractivity contribution is 5.81. The highest BCUT2D eigenvalue weighted by Gasteiger charge is 2.25. The predicted octanol–water partition coefficient (Wildman–Crippen LogP) is 1.76. The van der Waals surface area contributed by atoms with Crippen molar-refractivity contribution < 1.29 is 19.1 Å². The molecule has 0 amide bonds. The van der Waals surface area contributed by atoms with E-state index in [-0.39, 0.29) is 12.2 Å². The molecule has 0 saturated heterocycles. The van der Waals surface area contributed by atoms with Gasteiger partial charge in [0, 0.05) is 12.2 Å². The maximum atomic E-state index is 10.9. The van der Waals surface area contributed by atoms with Gasteiger partial charge in [0.15, 0.2) is 0 Å². The highest BCUT2D eigenvalue weighted by Crippen LogP contribution is 2.23. The van der Waals surface area contributed by atoms with E-state index in [2.05, 4.69) is 13.2 Å². The first kappa shape index (κ1) is 12.5. The van der Waals surface area contributed by atoms with E-state index in [1.807, 2.05) is 0 Å². The lowest BCUT2D eigenvalue weighted by Crippen LogP contribution is -2.29. The van der Waals surface area contributed by atoms with Gasteiger partial charge in [0.1, 0.15) is 12.2 Å². The molecule has 0 atom stereocenters. The molecule has 0 N–H and O–H groups in total. The van der Waals surface area contributed by atoms with Crippen LogP contribution in [0.5, 0.6) is 0 Å². The fourth-order valence-electron chi connectivity index (χ4n) is 1.69. The number of ether oxygens (including phenoxy) is 2. The average molecular weight is 224 g/mol. The van der Waals surface area contributed by atoms with Crippen LogP contribution in [-0.4, -0.2) is 24.1 Å². The zero-order chi connectivity index (χ0) is 12.0. The van der Waals surface area contributed by atoms with Gasteiger partial charge in [-0.05, 0) is 25.7 Å². The minimum Gasteiger partial charge on any atom is -0.459 e. The SMILES string of the molecule is C=CC(=O)OC1CCC(OC(=O)C=C)CC1. The van der Waals surface area contributed by atoms with Crippen LogP contribution in [0.4, 0.5) is 0 Å². The Hall–Kier alpha value is -1.58. The molecule has 16 heavy (non-hydrogen) atoms. The zero-order valence-electron chi connectivity index (χ0n) is 9.19. The van der Waals surface area contributed by atoms with Crippen LogP contribution >= 0.6 is 0 Å². The average Bonchev–Trinajstić information content (AvgIpc) is 2.31. The second-order valence-electron chi connectivity index (χ2n) is 3.68. The van der Waals surface area contributed by atoms with E-state index in [1.54, 1.807) is 0 Å². The van der Waals surface area contributed by atoms with Gasteiger partial charge >= 0.3 is 11.9 Å². The Kier molecular flexibility index (Phi) is 4.76. The smallest absolute Gasteiger partial charge is 0.330 e. The van der Waals surface area contributed by atoms with Crippen LogP contribution in [0.3, 0.4) is 0 Å². The van der Waals surface area contributed by atoms with Crippen LogP contribution < -0.4 is 0 Å². The Bertz CT molecular complexity index is 257. The topological polar surface area (TPSA) is 52.6 Å². The lowest BCUT2D eigenvalue weighted by Gasteiger charge is -2.27. The molecule has 0 unspecified atom stereocenters. The summed E-state index contributed by atoms with van der Waals surface area (Å²) in [6.07, 6.45) is 5.02. The third kappa shape index (κ3) is 3.88. The number of hydrogen-bond acceptors (Lipinski definition) is 4. The second kappa shape index (κ2) is 6.10. The second-order valence-corrected chi connectivity index (χ2v) is 3.68. The van der Waals surface area contributed by atoms with Crippen molar-refractivity contribution in [3.8, 4) is 0 Å². The first-order valence-electron chi connectivity index (χ1n) is 5.31. The van der Waals surface area contributed by atoms with Crippen LogP contribution in [-0.2, 0) is 19.1 Å². The number of esters is 2. The molecule has 0 bridgehead atoms. The molecule has 0 aromatic carbocycles. The summed E-state index contributed by atoms with van der Waals surface area (Å²) in [5.74, 6) is -0.793. The van der Waals surface area contributed by atoms with E-state index in [9.17, 15) is 9.59 Å². The maximum absolute atomic E-state index is 10.9. The van der Waals surface area contributed by atoms with Gasteiger partial charge in [-0.25, -0.2) is 9.59 Å². The number of rotatable bonds is 4. The Balaban J connectivity index is 2.28. The normalized spacial score (nSPS) is 24.2. The fourth-order valence-corrected chi connectivity index (χ4v) is 1.69. The van der Waals surface area contributed by atoms with Crippen molar-refractivity contribution in [3.05, 3.63) is 25.3 Å². The van der Waals surface area contributed by atoms with E-state index in [4.69, 9.17) is 9.47 Å². The summed E-state index contributed by atoms with van der Waals surface area (Å²) in [6, 6.07) is 0. The van der Waals surface area contributed by atoms with Gasteiger partial charge in [0.25, 0.3) is 0 Å². The molecule has 88 valence electrons. The Morgan fingerprint density at radius 1 is 0.875 bits per heavy atom. The minimum atomic E-state index is -0.397. The Morgan fingerprint density at radius 2 is 1.19 bits per heavy atom. The molecule has 0 spiro atoms. The highest BCUT2D eigenvalue weighted by atomic mass is 16.6. The molecule has 0 aromatic heterocycles. The van der Waals surface area contributed by atoms with E-state index in [1.165, 1.54) is 0 Å². The molecule has 0 aliphatic heterocycles. The Labute approximate surface area is 94.9 Å². The van der Waals surface area contributed by atoms with Crippen molar-refractivity contribution in [2.24, 2.45) is 0 Å². The predicted molar refractivity (Wildman–Crippen MR) is 58.6 cm³/mol. The molecule has 1 rings (SSSR count). The van der Waals surface area contributed by atoms with Gasteiger partial charge in [0.05, 0.1) is 0 Å². The molecule has 4 heteroatoms. The molecule has 0 heterocycles. The summed E-state index contributed by atoms with van der Waals surface area (Å²) in [6.45, 7) is 6.67. The lowest BCUT2D eigenvalue weighted by molar-refractivity contribution is -0.151. The molecule has 1 saturated carbocycles. The van der Waals surface area contributed by atoms with Gasteiger partial charge in [0.2, 0.25) is 0 Å². The van der Waals surface area contributed by atoms with Gasteiger partial charge < -0.3 is 9.47 Å². The van der Waals surface area contributed by atoms with Crippen LogP contribution in [0.25, 0.3) is 0 Å². The summed E-state index contributed by atoms with van der Waals surface area (Å²) in [4.78, 5) is 21.9. The molecule has 4 nitrogen and oxygen atoms in total. The lowest BCUT2D eigenvalue weighted by atomic mass is 9.95. The van der Waals surface area contributed by atoms with E-state index >= 15 is 0 Å². The molecule has 1 aliphatic carbocycles. The van der Waals surface area contributed by atoms with Crippen molar-refractivity contribution in [1.82, 2.24) is 0 Å².